The topological polar surface area (TPSA) is 135 Å². The lowest BCUT2D eigenvalue weighted by molar-refractivity contribution is -0.296. The van der Waals surface area contributed by atoms with Gasteiger partial charge in [-0.15, -0.1) is 0 Å². The van der Waals surface area contributed by atoms with Gasteiger partial charge in [0.15, 0.2) is 24.6 Å². The van der Waals surface area contributed by atoms with Gasteiger partial charge in [0.2, 0.25) is 0 Å². The normalized spacial score (nSPS) is 29.3. The maximum absolute atomic E-state index is 11.3. The van der Waals surface area contributed by atoms with E-state index in [-0.39, 0.29) is 6.61 Å². The van der Waals surface area contributed by atoms with Gasteiger partial charge in [-0.05, 0) is 0 Å². The first-order chi connectivity index (χ1) is 11.1. The van der Waals surface area contributed by atoms with Gasteiger partial charge < -0.3 is 28.8 Å². The van der Waals surface area contributed by atoms with Gasteiger partial charge in [-0.3, -0.25) is 19.2 Å². The Morgan fingerprint density at radius 3 is 1.71 bits per heavy atom. The fraction of sp³-hybridized carbons (Fsp3) is 0.714. The van der Waals surface area contributed by atoms with Crippen LogP contribution in [0, 0.1) is 0 Å². The average molecular weight is 348 g/mol. The van der Waals surface area contributed by atoms with Crippen molar-refractivity contribution in [1.29, 1.82) is 0 Å². The predicted octanol–water partition coefficient (Wildman–Crippen LogP) is -0.938. The summed E-state index contributed by atoms with van der Waals surface area (Å²) in [7, 11) is 0. The van der Waals surface area contributed by atoms with E-state index in [4.69, 9.17) is 23.7 Å². The molecule has 0 spiro atoms. The fourth-order valence-corrected chi connectivity index (χ4v) is 2.21. The summed E-state index contributed by atoms with van der Waals surface area (Å²) in [6, 6.07) is 0. The average Bonchev–Trinajstić information content (AvgIpc) is 2.42. The van der Waals surface area contributed by atoms with Crippen molar-refractivity contribution in [3.8, 4) is 0 Å². The number of hydrogen-bond acceptors (Lipinski definition) is 10. The van der Waals surface area contributed by atoms with Crippen molar-refractivity contribution in [1.82, 2.24) is 0 Å². The lowest BCUT2D eigenvalue weighted by Gasteiger charge is -2.42. The number of hydrogen-bond donors (Lipinski definition) is 1. The highest BCUT2D eigenvalue weighted by molar-refractivity contribution is 5.68. The molecule has 1 N–H and O–H groups in total. The van der Waals surface area contributed by atoms with Crippen LogP contribution in [0.4, 0.5) is 0 Å². The highest BCUT2D eigenvalue weighted by Crippen LogP contribution is 2.28. The van der Waals surface area contributed by atoms with Gasteiger partial charge in [0, 0.05) is 27.7 Å². The molecule has 0 unspecified atom stereocenters. The number of ether oxygens (including phenoxy) is 5. The largest absolute Gasteiger partial charge is 0.463 e. The summed E-state index contributed by atoms with van der Waals surface area (Å²) in [5.74, 6) is -2.87. The molecule has 136 valence electrons. The first-order valence-electron chi connectivity index (χ1n) is 7.10. The second kappa shape index (κ2) is 8.60. The van der Waals surface area contributed by atoms with Crippen molar-refractivity contribution in [2.24, 2.45) is 0 Å². The van der Waals surface area contributed by atoms with Crippen LogP contribution in [0.25, 0.3) is 0 Å². The lowest BCUT2D eigenvalue weighted by atomic mass is 9.98. The third-order valence-corrected chi connectivity index (χ3v) is 2.97. The van der Waals surface area contributed by atoms with Crippen molar-refractivity contribution >= 4 is 23.9 Å². The van der Waals surface area contributed by atoms with Crippen LogP contribution in [-0.4, -0.2) is 66.3 Å². The molecule has 0 saturated carbocycles. The van der Waals surface area contributed by atoms with Gasteiger partial charge in [-0.25, -0.2) is 0 Å². The number of carbonyl (C=O) groups is 4. The zero-order valence-corrected chi connectivity index (χ0v) is 13.7. The van der Waals surface area contributed by atoms with Crippen molar-refractivity contribution < 1.29 is 48.0 Å². The van der Waals surface area contributed by atoms with E-state index in [1.54, 1.807) is 0 Å². The molecule has 0 aromatic carbocycles. The monoisotopic (exact) mass is 348 g/mol. The van der Waals surface area contributed by atoms with Gasteiger partial charge in [0.25, 0.3) is 0 Å². The second-order valence-corrected chi connectivity index (χ2v) is 5.09. The van der Waals surface area contributed by atoms with E-state index in [1.165, 1.54) is 0 Å². The number of rotatable bonds is 5. The van der Waals surface area contributed by atoms with Crippen molar-refractivity contribution in [3.05, 3.63) is 0 Å². The molecule has 0 aliphatic carbocycles. The summed E-state index contributed by atoms with van der Waals surface area (Å²) < 4.78 is 25.0. The molecule has 1 fully saturated rings. The zero-order valence-electron chi connectivity index (χ0n) is 13.7. The van der Waals surface area contributed by atoms with Crippen LogP contribution in [0.2, 0.25) is 0 Å². The number of aliphatic hydroxyl groups is 1. The minimum absolute atomic E-state index is 0.366. The number of carbonyl (C=O) groups excluding carboxylic acids is 4. The molecule has 24 heavy (non-hydrogen) atoms. The molecule has 10 heteroatoms. The molecule has 0 radical (unpaired) electrons. The van der Waals surface area contributed by atoms with E-state index in [0.29, 0.717) is 0 Å². The molecule has 0 aromatic rings. The minimum atomic E-state index is -1.68. The fourth-order valence-electron chi connectivity index (χ4n) is 2.21. The predicted molar refractivity (Wildman–Crippen MR) is 74.2 cm³/mol. The van der Waals surface area contributed by atoms with E-state index in [1.807, 2.05) is 0 Å². The molecule has 0 aromatic heterocycles. The molecule has 1 aliphatic rings. The third-order valence-electron chi connectivity index (χ3n) is 2.97. The molecule has 1 rings (SSSR count). The minimum Gasteiger partial charge on any atom is -0.463 e. The maximum atomic E-state index is 11.3. The van der Waals surface area contributed by atoms with Gasteiger partial charge in [-0.1, -0.05) is 0 Å². The Labute approximate surface area is 137 Å². The zero-order chi connectivity index (χ0) is 18.4. The van der Waals surface area contributed by atoms with E-state index in [0.717, 1.165) is 27.7 Å². The molecule has 10 nitrogen and oxygen atoms in total. The van der Waals surface area contributed by atoms with Gasteiger partial charge >= 0.3 is 23.9 Å². The Hall–Kier alpha value is -2.20. The highest BCUT2D eigenvalue weighted by Gasteiger charge is 2.51. The van der Waals surface area contributed by atoms with Crippen LogP contribution in [0.1, 0.15) is 27.7 Å². The van der Waals surface area contributed by atoms with Crippen LogP contribution in [0.15, 0.2) is 0 Å². The molecule has 1 saturated heterocycles. The van der Waals surface area contributed by atoms with Gasteiger partial charge in [-0.2, -0.15) is 0 Å². The summed E-state index contributed by atoms with van der Waals surface area (Å²) in [5.41, 5.74) is 0. The first-order valence-corrected chi connectivity index (χ1v) is 7.10. The van der Waals surface area contributed by atoms with Crippen molar-refractivity contribution in [2.75, 3.05) is 6.61 Å². The lowest BCUT2D eigenvalue weighted by Crippen LogP contribution is -2.62. The third kappa shape index (κ3) is 5.78. The molecule has 0 bridgehead atoms. The van der Waals surface area contributed by atoms with Crippen LogP contribution >= 0.6 is 0 Å². The van der Waals surface area contributed by atoms with Gasteiger partial charge in [0.05, 0.1) is 0 Å². The standard InChI is InChI=1S/C14H20O10/c1-6(15)20-5-10-11(21-7(2)16)12(22-8(3)17)13(14(19)24-10)23-9(4)18/h10-14,19H,5H2,1-4H3/t10-,11-,12+,13-,14+/m0/s1. The number of esters is 4. The SMILES string of the molecule is CC(=O)OC[C@@H]1O[C@@H](O)[C@@H](OC(C)=O)[C@H](OC(C)=O)[C@H]1OC(C)=O. The second-order valence-electron chi connectivity index (χ2n) is 5.09. The van der Waals surface area contributed by atoms with E-state index in [2.05, 4.69) is 0 Å². The van der Waals surface area contributed by atoms with Crippen LogP contribution in [-0.2, 0) is 42.9 Å². The smallest absolute Gasteiger partial charge is 0.303 e. The maximum Gasteiger partial charge on any atom is 0.303 e. The molecule has 0 amide bonds. The summed E-state index contributed by atoms with van der Waals surface area (Å²) in [5, 5.41) is 10.0. The summed E-state index contributed by atoms with van der Waals surface area (Å²) in [6.45, 7) is 4.09. The van der Waals surface area contributed by atoms with Crippen LogP contribution in [0.3, 0.4) is 0 Å². The quantitative estimate of drug-likeness (QED) is 0.490. The van der Waals surface area contributed by atoms with Crippen molar-refractivity contribution in [2.45, 2.75) is 58.4 Å². The highest BCUT2D eigenvalue weighted by atomic mass is 16.7. The summed E-state index contributed by atoms with van der Waals surface area (Å²) in [4.78, 5) is 44.9. The molecular weight excluding hydrogens is 328 g/mol. The van der Waals surface area contributed by atoms with Crippen LogP contribution in [0.5, 0.6) is 0 Å². The molecule has 1 aliphatic heterocycles. The summed E-state index contributed by atoms with van der Waals surface area (Å²) >= 11 is 0. The number of aliphatic hydroxyl groups excluding tert-OH is 1. The van der Waals surface area contributed by atoms with E-state index >= 15 is 0 Å². The Morgan fingerprint density at radius 1 is 0.792 bits per heavy atom. The van der Waals surface area contributed by atoms with E-state index < -0.39 is 54.6 Å². The Balaban J connectivity index is 3.11. The molecular formula is C14H20O10. The summed E-state index contributed by atoms with van der Waals surface area (Å²) in [6.07, 6.45) is -6.79. The Bertz CT molecular complexity index is 502. The van der Waals surface area contributed by atoms with Crippen LogP contribution < -0.4 is 0 Å². The van der Waals surface area contributed by atoms with Crippen molar-refractivity contribution in [3.63, 3.8) is 0 Å². The molecule has 1 heterocycles. The molecule has 5 atom stereocenters. The van der Waals surface area contributed by atoms with Gasteiger partial charge in [0.1, 0.15) is 12.7 Å². The Morgan fingerprint density at radius 2 is 1.25 bits per heavy atom. The first kappa shape index (κ1) is 19.8. The Kier molecular flexibility index (Phi) is 7.11. The van der Waals surface area contributed by atoms with E-state index in [9.17, 15) is 24.3 Å².